The summed E-state index contributed by atoms with van der Waals surface area (Å²) in [6.07, 6.45) is 6.11. The van der Waals surface area contributed by atoms with E-state index in [4.69, 9.17) is 0 Å². The molecule has 22 heavy (non-hydrogen) atoms. The van der Waals surface area contributed by atoms with E-state index in [1.807, 2.05) is 47.4 Å². The van der Waals surface area contributed by atoms with Gasteiger partial charge in [-0.3, -0.25) is 9.78 Å². The Balaban J connectivity index is 1.87. The Bertz CT molecular complexity index is 621. The Kier molecular flexibility index (Phi) is 4.88. The van der Waals surface area contributed by atoms with Crippen LogP contribution in [0.15, 0.2) is 53.1 Å². The van der Waals surface area contributed by atoms with Gasteiger partial charge in [0.1, 0.15) is 0 Å². The fourth-order valence-electron chi connectivity index (χ4n) is 2.96. The molecule has 0 aliphatic heterocycles. The lowest BCUT2D eigenvalue weighted by Crippen LogP contribution is -2.35. The lowest BCUT2D eigenvalue weighted by molar-refractivity contribution is -0.122. The Morgan fingerprint density at radius 3 is 2.50 bits per heavy atom. The maximum absolute atomic E-state index is 12.9. The summed E-state index contributed by atoms with van der Waals surface area (Å²) in [5.41, 5.74) is 1.85. The van der Waals surface area contributed by atoms with Crippen LogP contribution in [0.25, 0.3) is 0 Å². The first-order chi connectivity index (χ1) is 10.7. The van der Waals surface area contributed by atoms with E-state index >= 15 is 0 Å². The molecule has 2 aromatic rings. The predicted octanol–water partition coefficient (Wildman–Crippen LogP) is 4.57. The molecule has 0 radical (unpaired) electrons. The highest BCUT2D eigenvalue weighted by atomic mass is 79.9. The molecule has 1 aliphatic rings. The molecule has 3 nitrogen and oxygen atoms in total. The van der Waals surface area contributed by atoms with Crippen LogP contribution < -0.4 is 4.90 Å². The van der Waals surface area contributed by atoms with Crippen molar-refractivity contribution in [3.05, 3.63) is 58.8 Å². The van der Waals surface area contributed by atoms with Crippen LogP contribution in [-0.2, 0) is 11.3 Å². The molecule has 1 heterocycles. The lowest BCUT2D eigenvalue weighted by atomic mass is 10.1. The Morgan fingerprint density at radius 1 is 1.14 bits per heavy atom. The zero-order chi connectivity index (χ0) is 15.4. The van der Waals surface area contributed by atoms with Crippen LogP contribution in [0.3, 0.4) is 0 Å². The Hall–Kier alpha value is -1.68. The molecule has 0 N–H and O–H groups in total. The predicted molar refractivity (Wildman–Crippen MR) is 91.5 cm³/mol. The molecule has 4 heteroatoms. The first-order valence-electron chi connectivity index (χ1n) is 7.71. The van der Waals surface area contributed by atoms with Crippen molar-refractivity contribution in [3.63, 3.8) is 0 Å². The molecule has 0 spiro atoms. The molecule has 0 saturated heterocycles. The fraction of sp³-hybridized carbons (Fsp3) is 0.333. The van der Waals surface area contributed by atoms with Gasteiger partial charge in [0.2, 0.25) is 5.91 Å². The van der Waals surface area contributed by atoms with Gasteiger partial charge in [0.25, 0.3) is 0 Å². The molecular weight excluding hydrogens is 340 g/mol. The number of benzene rings is 1. The summed E-state index contributed by atoms with van der Waals surface area (Å²) >= 11 is 3.45. The van der Waals surface area contributed by atoms with E-state index in [0.717, 1.165) is 41.5 Å². The fourth-order valence-corrected chi connectivity index (χ4v) is 3.23. The van der Waals surface area contributed by atoms with E-state index < -0.39 is 0 Å². The van der Waals surface area contributed by atoms with Crippen molar-refractivity contribution < 1.29 is 4.79 Å². The van der Waals surface area contributed by atoms with Crippen molar-refractivity contribution in [2.45, 2.75) is 32.2 Å². The topological polar surface area (TPSA) is 33.2 Å². The standard InChI is InChI=1S/C18H19BrN2O/c19-15-8-10-17(11-9-15)21(13-16-7-3-4-12-20-16)18(22)14-5-1-2-6-14/h3-4,7-12,14H,1-2,5-6,13H2. The number of hydrogen-bond acceptors (Lipinski definition) is 2. The normalized spacial score (nSPS) is 15.0. The molecule has 0 unspecified atom stereocenters. The van der Waals surface area contributed by atoms with Gasteiger partial charge in [-0.05, 0) is 49.2 Å². The van der Waals surface area contributed by atoms with E-state index in [0.29, 0.717) is 6.54 Å². The highest BCUT2D eigenvalue weighted by Gasteiger charge is 2.28. The van der Waals surface area contributed by atoms with Gasteiger partial charge in [0.15, 0.2) is 0 Å². The number of carbonyl (C=O) groups excluding carboxylic acids is 1. The quantitative estimate of drug-likeness (QED) is 0.801. The average molecular weight is 359 g/mol. The van der Waals surface area contributed by atoms with Crippen molar-refractivity contribution in [1.82, 2.24) is 4.98 Å². The minimum absolute atomic E-state index is 0.160. The summed E-state index contributed by atoms with van der Waals surface area (Å²) in [7, 11) is 0. The minimum atomic E-state index is 0.160. The monoisotopic (exact) mass is 358 g/mol. The van der Waals surface area contributed by atoms with Crippen molar-refractivity contribution in [2.24, 2.45) is 5.92 Å². The van der Waals surface area contributed by atoms with Crippen molar-refractivity contribution >= 4 is 27.5 Å². The zero-order valence-corrected chi connectivity index (χ0v) is 14.0. The van der Waals surface area contributed by atoms with Crippen LogP contribution in [0.5, 0.6) is 0 Å². The number of halogens is 1. The molecular formula is C18H19BrN2O. The van der Waals surface area contributed by atoms with E-state index in [9.17, 15) is 4.79 Å². The van der Waals surface area contributed by atoms with Crippen molar-refractivity contribution in [2.75, 3.05) is 4.90 Å². The molecule has 1 fully saturated rings. The molecule has 0 atom stereocenters. The molecule has 1 aromatic carbocycles. The molecule has 1 aliphatic carbocycles. The smallest absolute Gasteiger partial charge is 0.230 e. The highest BCUT2D eigenvalue weighted by molar-refractivity contribution is 9.10. The summed E-state index contributed by atoms with van der Waals surface area (Å²) in [5, 5.41) is 0. The number of hydrogen-bond donors (Lipinski definition) is 0. The van der Waals surface area contributed by atoms with E-state index in [1.165, 1.54) is 0 Å². The van der Waals surface area contributed by atoms with Crippen LogP contribution in [-0.4, -0.2) is 10.9 Å². The van der Waals surface area contributed by atoms with Gasteiger partial charge in [-0.25, -0.2) is 0 Å². The summed E-state index contributed by atoms with van der Waals surface area (Å²) in [6.45, 7) is 0.526. The third-order valence-corrected chi connectivity index (χ3v) is 4.68. The minimum Gasteiger partial charge on any atom is -0.306 e. The Labute approximate surface area is 139 Å². The molecule has 1 amide bonds. The summed E-state index contributed by atoms with van der Waals surface area (Å²) < 4.78 is 1.02. The number of amides is 1. The van der Waals surface area contributed by atoms with E-state index in [2.05, 4.69) is 20.9 Å². The van der Waals surface area contributed by atoms with Crippen LogP contribution in [0.1, 0.15) is 31.4 Å². The number of aromatic nitrogens is 1. The molecule has 0 bridgehead atoms. The van der Waals surface area contributed by atoms with Crippen molar-refractivity contribution in [3.8, 4) is 0 Å². The largest absolute Gasteiger partial charge is 0.306 e. The zero-order valence-electron chi connectivity index (χ0n) is 12.4. The van der Waals surface area contributed by atoms with Crippen LogP contribution >= 0.6 is 15.9 Å². The average Bonchev–Trinajstić information content (AvgIpc) is 3.08. The van der Waals surface area contributed by atoms with Crippen LogP contribution in [0.2, 0.25) is 0 Å². The number of rotatable bonds is 4. The van der Waals surface area contributed by atoms with Gasteiger partial charge in [-0.15, -0.1) is 0 Å². The molecule has 1 aromatic heterocycles. The maximum Gasteiger partial charge on any atom is 0.230 e. The van der Waals surface area contributed by atoms with Gasteiger partial charge in [-0.1, -0.05) is 34.8 Å². The van der Waals surface area contributed by atoms with Crippen LogP contribution in [0, 0.1) is 5.92 Å². The number of carbonyl (C=O) groups is 1. The first-order valence-corrected chi connectivity index (χ1v) is 8.50. The number of pyridine rings is 1. The lowest BCUT2D eigenvalue weighted by Gasteiger charge is -2.25. The van der Waals surface area contributed by atoms with Gasteiger partial charge in [0.05, 0.1) is 12.2 Å². The van der Waals surface area contributed by atoms with E-state index in [-0.39, 0.29) is 11.8 Å². The van der Waals surface area contributed by atoms with Crippen LogP contribution in [0.4, 0.5) is 5.69 Å². The first kappa shape index (κ1) is 15.2. The summed E-state index contributed by atoms with van der Waals surface area (Å²) in [5.74, 6) is 0.387. The van der Waals surface area contributed by atoms with Gasteiger partial charge in [0, 0.05) is 22.3 Å². The van der Waals surface area contributed by atoms with E-state index in [1.54, 1.807) is 6.20 Å². The molecule has 3 rings (SSSR count). The SMILES string of the molecule is O=C(C1CCCC1)N(Cc1ccccn1)c1ccc(Br)cc1. The summed E-state index contributed by atoms with van der Waals surface area (Å²) in [6, 6.07) is 13.7. The second kappa shape index (κ2) is 7.05. The number of anilines is 1. The second-order valence-electron chi connectivity index (χ2n) is 5.70. The van der Waals surface area contributed by atoms with Gasteiger partial charge in [-0.2, -0.15) is 0 Å². The molecule has 1 saturated carbocycles. The Morgan fingerprint density at radius 2 is 1.86 bits per heavy atom. The van der Waals surface area contributed by atoms with Crippen molar-refractivity contribution in [1.29, 1.82) is 0 Å². The molecule has 114 valence electrons. The highest BCUT2D eigenvalue weighted by Crippen LogP contribution is 2.30. The van der Waals surface area contributed by atoms with Gasteiger partial charge >= 0.3 is 0 Å². The van der Waals surface area contributed by atoms with Gasteiger partial charge < -0.3 is 4.90 Å². The second-order valence-corrected chi connectivity index (χ2v) is 6.62. The third kappa shape index (κ3) is 3.55. The number of nitrogens with zero attached hydrogens (tertiary/aromatic N) is 2. The maximum atomic E-state index is 12.9. The summed E-state index contributed by atoms with van der Waals surface area (Å²) in [4.78, 5) is 19.2. The third-order valence-electron chi connectivity index (χ3n) is 4.16.